The van der Waals surface area contributed by atoms with Crippen molar-refractivity contribution in [2.75, 3.05) is 39.5 Å². The molecule has 1 N–H and O–H groups in total. The van der Waals surface area contributed by atoms with E-state index in [1.165, 1.54) is 12.8 Å². The third kappa shape index (κ3) is 3.99. The van der Waals surface area contributed by atoms with Gasteiger partial charge in [0.25, 0.3) is 0 Å². The molecule has 0 aromatic rings. The van der Waals surface area contributed by atoms with Gasteiger partial charge >= 0.3 is 0 Å². The van der Waals surface area contributed by atoms with Gasteiger partial charge in [-0.15, -0.1) is 0 Å². The third-order valence-electron chi connectivity index (χ3n) is 6.98. The summed E-state index contributed by atoms with van der Waals surface area (Å²) < 4.78 is 17.8. The number of rotatable bonds is 5. The van der Waals surface area contributed by atoms with Gasteiger partial charge in [-0.1, -0.05) is 13.8 Å². The van der Waals surface area contributed by atoms with E-state index >= 15 is 0 Å². The van der Waals surface area contributed by atoms with Gasteiger partial charge in [0, 0.05) is 50.2 Å². The van der Waals surface area contributed by atoms with Crippen LogP contribution >= 0.6 is 0 Å². The largest absolute Gasteiger partial charge is 0.377 e. The van der Waals surface area contributed by atoms with E-state index in [-0.39, 0.29) is 5.41 Å². The molecular weight excluding hydrogens is 342 g/mol. The van der Waals surface area contributed by atoms with Crippen molar-refractivity contribution in [3.05, 3.63) is 0 Å². The van der Waals surface area contributed by atoms with E-state index in [1.54, 1.807) is 0 Å². The van der Waals surface area contributed by atoms with Crippen molar-refractivity contribution in [1.82, 2.24) is 10.2 Å². The Kier molecular flexibility index (Phi) is 5.95. The number of guanidine groups is 1. The summed E-state index contributed by atoms with van der Waals surface area (Å²) >= 11 is 0. The lowest BCUT2D eigenvalue weighted by Crippen LogP contribution is -2.68. The molecule has 3 heterocycles. The highest BCUT2D eigenvalue weighted by Gasteiger charge is 2.59. The first-order valence-corrected chi connectivity index (χ1v) is 11.0. The van der Waals surface area contributed by atoms with Gasteiger partial charge in [0.15, 0.2) is 5.96 Å². The van der Waals surface area contributed by atoms with Crippen LogP contribution in [0.4, 0.5) is 0 Å². The Labute approximate surface area is 164 Å². The van der Waals surface area contributed by atoms with Crippen LogP contribution in [0.25, 0.3) is 0 Å². The van der Waals surface area contributed by atoms with Gasteiger partial charge in [0.1, 0.15) is 0 Å². The molecule has 0 radical (unpaired) electrons. The van der Waals surface area contributed by atoms with Gasteiger partial charge in [0.2, 0.25) is 0 Å². The van der Waals surface area contributed by atoms with Gasteiger partial charge in [-0.2, -0.15) is 0 Å². The lowest BCUT2D eigenvalue weighted by atomic mass is 9.57. The van der Waals surface area contributed by atoms with Crippen molar-refractivity contribution in [2.45, 2.75) is 77.2 Å². The zero-order chi connectivity index (χ0) is 18.9. The number of ether oxygens (including phenoxy) is 3. The van der Waals surface area contributed by atoms with Crippen molar-refractivity contribution < 1.29 is 14.2 Å². The first kappa shape index (κ1) is 19.5. The molecule has 0 aromatic carbocycles. The van der Waals surface area contributed by atoms with Crippen LogP contribution in [0.2, 0.25) is 0 Å². The molecule has 6 nitrogen and oxygen atoms in total. The molecule has 3 saturated heterocycles. The summed E-state index contributed by atoms with van der Waals surface area (Å²) in [7, 11) is 0. The van der Waals surface area contributed by atoms with Crippen molar-refractivity contribution >= 4 is 5.96 Å². The van der Waals surface area contributed by atoms with Crippen molar-refractivity contribution in [3.63, 3.8) is 0 Å². The Morgan fingerprint density at radius 2 is 1.96 bits per heavy atom. The molecule has 4 atom stereocenters. The summed E-state index contributed by atoms with van der Waals surface area (Å²) in [5.74, 6) is 1.72. The number of fused-ring (bicyclic) bond motifs is 1. The summed E-state index contributed by atoms with van der Waals surface area (Å²) in [5.41, 5.74) is 0.179. The molecule has 4 unspecified atom stereocenters. The molecule has 0 aromatic heterocycles. The van der Waals surface area contributed by atoms with Crippen molar-refractivity contribution in [1.29, 1.82) is 0 Å². The van der Waals surface area contributed by atoms with E-state index < -0.39 is 0 Å². The maximum atomic E-state index is 6.13. The van der Waals surface area contributed by atoms with Crippen molar-refractivity contribution in [3.8, 4) is 0 Å². The Bertz CT molecular complexity index is 525. The van der Waals surface area contributed by atoms with Gasteiger partial charge in [0.05, 0.1) is 24.9 Å². The van der Waals surface area contributed by atoms with Crippen LogP contribution in [0, 0.1) is 11.3 Å². The molecule has 0 amide bonds. The molecule has 0 bridgehead atoms. The van der Waals surface area contributed by atoms with Crippen LogP contribution in [0.5, 0.6) is 0 Å². The highest BCUT2D eigenvalue weighted by molar-refractivity contribution is 5.80. The molecule has 4 rings (SSSR count). The molecule has 27 heavy (non-hydrogen) atoms. The second kappa shape index (κ2) is 8.26. The summed E-state index contributed by atoms with van der Waals surface area (Å²) in [6, 6.07) is 0.462. The van der Waals surface area contributed by atoms with Gasteiger partial charge < -0.3 is 24.4 Å². The average Bonchev–Trinajstić information content (AvgIpc) is 3.34. The molecule has 154 valence electrons. The minimum absolute atomic E-state index is 0.179. The zero-order valence-electron chi connectivity index (χ0n) is 17.3. The number of piperidine rings is 1. The fourth-order valence-electron chi connectivity index (χ4n) is 5.40. The minimum Gasteiger partial charge on any atom is -0.377 e. The average molecular weight is 380 g/mol. The second-order valence-electron chi connectivity index (χ2n) is 9.14. The van der Waals surface area contributed by atoms with E-state index in [0.717, 1.165) is 64.7 Å². The first-order valence-electron chi connectivity index (χ1n) is 11.0. The van der Waals surface area contributed by atoms with Crippen LogP contribution in [-0.2, 0) is 14.2 Å². The SMILES string of the molecule is CCN=C(NC1C2CCOC2C1(C)C)N1CCC(OCC2CCCO2)CC1. The number of hydrogen-bond donors (Lipinski definition) is 1. The van der Waals surface area contributed by atoms with Gasteiger partial charge in [-0.3, -0.25) is 4.99 Å². The topological polar surface area (TPSA) is 55.3 Å². The quantitative estimate of drug-likeness (QED) is 0.587. The van der Waals surface area contributed by atoms with E-state index in [2.05, 4.69) is 31.0 Å². The minimum atomic E-state index is 0.179. The molecular formula is C21H37N3O3. The van der Waals surface area contributed by atoms with Gasteiger partial charge in [-0.05, 0) is 39.0 Å². The Hall–Kier alpha value is -0.850. The second-order valence-corrected chi connectivity index (χ2v) is 9.14. The first-order chi connectivity index (χ1) is 13.1. The summed E-state index contributed by atoms with van der Waals surface area (Å²) in [6.07, 6.45) is 6.74. The molecule has 4 fully saturated rings. The number of aliphatic imine (C=N–C) groups is 1. The molecule has 4 aliphatic rings. The van der Waals surface area contributed by atoms with Crippen molar-refractivity contribution in [2.24, 2.45) is 16.3 Å². The number of likely N-dealkylation sites (tertiary alicyclic amines) is 1. The lowest BCUT2D eigenvalue weighted by Gasteiger charge is -2.55. The monoisotopic (exact) mass is 379 g/mol. The fraction of sp³-hybridized carbons (Fsp3) is 0.952. The van der Waals surface area contributed by atoms with Gasteiger partial charge in [-0.25, -0.2) is 0 Å². The lowest BCUT2D eigenvalue weighted by molar-refractivity contribution is -0.107. The van der Waals surface area contributed by atoms with Crippen LogP contribution in [-0.4, -0.2) is 74.7 Å². The van der Waals surface area contributed by atoms with E-state index in [4.69, 9.17) is 19.2 Å². The van der Waals surface area contributed by atoms with Crippen LogP contribution < -0.4 is 5.32 Å². The predicted molar refractivity (Wildman–Crippen MR) is 106 cm³/mol. The zero-order valence-corrected chi connectivity index (χ0v) is 17.3. The molecule has 1 saturated carbocycles. The predicted octanol–water partition coefficient (Wildman–Crippen LogP) is 2.43. The maximum absolute atomic E-state index is 6.13. The molecule has 6 heteroatoms. The third-order valence-corrected chi connectivity index (χ3v) is 6.98. The smallest absolute Gasteiger partial charge is 0.194 e. The Morgan fingerprint density at radius 1 is 1.15 bits per heavy atom. The summed E-state index contributed by atoms with van der Waals surface area (Å²) in [4.78, 5) is 7.24. The van der Waals surface area contributed by atoms with E-state index in [0.29, 0.717) is 30.3 Å². The fourth-order valence-corrected chi connectivity index (χ4v) is 5.40. The molecule has 3 aliphatic heterocycles. The normalized spacial score (nSPS) is 36.6. The van der Waals surface area contributed by atoms with Crippen LogP contribution in [0.1, 0.15) is 52.9 Å². The molecule has 1 aliphatic carbocycles. The summed E-state index contributed by atoms with van der Waals surface area (Å²) in [5, 5.41) is 3.81. The number of hydrogen-bond acceptors (Lipinski definition) is 4. The summed E-state index contributed by atoms with van der Waals surface area (Å²) in [6.45, 7) is 12.2. The molecule has 0 spiro atoms. The Morgan fingerprint density at radius 3 is 2.67 bits per heavy atom. The van der Waals surface area contributed by atoms with Crippen LogP contribution in [0.15, 0.2) is 4.99 Å². The number of nitrogens with zero attached hydrogens (tertiary/aromatic N) is 2. The standard InChI is InChI=1S/C21H37N3O3/c1-4-22-20(23-18-17-9-13-26-19(17)21(18,2)3)24-10-7-15(8-11-24)27-14-16-6-5-12-25-16/h15-19H,4-14H2,1-3H3,(H,22,23). The highest BCUT2D eigenvalue weighted by Crippen LogP contribution is 2.52. The number of nitrogens with one attached hydrogen (secondary N) is 1. The highest BCUT2D eigenvalue weighted by atomic mass is 16.5. The maximum Gasteiger partial charge on any atom is 0.194 e. The van der Waals surface area contributed by atoms with E-state index in [1.807, 2.05) is 0 Å². The van der Waals surface area contributed by atoms with Crippen LogP contribution in [0.3, 0.4) is 0 Å². The Balaban J connectivity index is 1.28. The van der Waals surface area contributed by atoms with E-state index in [9.17, 15) is 0 Å².